The number of likely N-dealkylation sites (tertiary alicyclic amines) is 1. The highest BCUT2D eigenvalue weighted by atomic mass is 19.4. The number of hydrogen-bond donors (Lipinski definition) is 1. The maximum Gasteiger partial charge on any atom is 0.573 e. The molecule has 23 heavy (non-hydrogen) atoms. The fourth-order valence-electron chi connectivity index (χ4n) is 3.52. The third-order valence-corrected chi connectivity index (χ3v) is 4.51. The van der Waals surface area contributed by atoms with Crippen molar-refractivity contribution in [1.82, 2.24) is 4.90 Å². The number of alkyl halides is 3. The van der Waals surface area contributed by atoms with E-state index in [0.29, 0.717) is 13.1 Å². The summed E-state index contributed by atoms with van der Waals surface area (Å²) in [5, 5.41) is 9.07. The number of piperidine rings is 1. The molecule has 1 aromatic rings. The predicted molar refractivity (Wildman–Crippen MR) is 76.6 cm³/mol. The van der Waals surface area contributed by atoms with Gasteiger partial charge in [0.1, 0.15) is 5.75 Å². The minimum atomic E-state index is -4.69. The van der Waals surface area contributed by atoms with Crippen molar-refractivity contribution in [3.05, 3.63) is 24.3 Å². The zero-order chi connectivity index (χ0) is 16.6. The number of halogens is 3. The van der Waals surface area contributed by atoms with E-state index < -0.39 is 12.5 Å². The topological polar surface area (TPSA) is 53.0 Å². The van der Waals surface area contributed by atoms with Crippen LogP contribution in [-0.2, 0) is 0 Å². The average Bonchev–Trinajstić information content (AvgIpc) is 2.89. The van der Waals surface area contributed by atoms with E-state index in [1.165, 1.54) is 17.0 Å². The van der Waals surface area contributed by atoms with Crippen LogP contribution in [0.25, 0.3) is 0 Å². The predicted octanol–water partition coefficient (Wildman–Crippen LogP) is 3.16. The molecule has 0 bridgehead atoms. The Bertz CT molecular complexity index is 576. The number of hydrogen-bond acceptors (Lipinski definition) is 3. The van der Waals surface area contributed by atoms with Crippen molar-refractivity contribution in [3.8, 4) is 5.75 Å². The molecule has 0 spiro atoms. The molecule has 1 N–H and O–H groups in total. The number of fused-ring (bicyclic) bond motifs is 1. The van der Waals surface area contributed by atoms with Crippen molar-refractivity contribution < 1.29 is 27.8 Å². The van der Waals surface area contributed by atoms with Gasteiger partial charge in [0.05, 0.1) is 0 Å². The maximum absolute atomic E-state index is 12.2. The number of benzene rings is 1. The SMILES string of the molecule is O=C(O)N1CC[C@H]2[C@H](CCN2c2ccc(OC(F)(F)F)cc2)C1. The third-order valence-electron chi connectivity index (χ3n) is 4.51. The second-order valence-electron chi connectivity index (χ2n) is 5.87. The molecule has 2 saturated heterocycles. The lowest BCUT2D eigenvalue weighted by molar-refractivity contribution is -0.274. The number of carboxylic acid groups (broad SMARTS) is 1. The largest absolute Gasteiger partial charge is 0.573 e. The maximum atomic E-state index is 12.2. The minimum Gasteiger partial charge on any atom is -0.465 e. The van der Waals surface area contributed by atoms with Crippen LogP contribution in [0.5, 0.6) is 5.75 Å². The van der Waals surface area contributed by atoms with E-state index in [0.717, 1.165) is 25.1 Å². The van der Waals surface area contributed by atoms with Crippen LogP contribution in [0.3, 0.4) is 0 Å². The molecule has 2 atom stereocenters. The van der Waals surface area contributed by atoms with Crippen LogP contribution in [0.4, 0.5) is 23.7 Å². The monoisotopic (exact) mass is 330 g/mol. The second-order valence-corrected chi connectivity index (χ2v) is 5.87. The molecule has 3 rings (SSSR count). The Hall–Kier alpha value is -2.12. The zero-order valence-electron chi connectivity index (χ0n) is 12.3. The highest BCUT2D eigenvalue weighted by molar-refractivity contribution is 5.65. The van der Waals surface area contributed by atoms with Crippen molar-refractivity contribution >= 4 is 11.8 Å². The van der Waals surface area contributed by atoms with Crippen molar-refractivity contribution in [1.29, 1.82) is 0 Å². The molecule has 0 radical (unpaired) electrons. The molecule has 0 aliphatic carbocycles. The number of rotatable bonds is 2. The van der Waals surface area contributed by atoms with Gasteiger partial charge in [-0.05, 0) is 43.0 Å². The molecular formula is C15H17F3N2O3. The van der Waals surface area contributed by atoms with Gasteiger partial charge in [-0.15, -0.1) is 13.2 Å². The first-order valence-electron chi connectivity index (χ1n) is 7.44. The van der Waals surface area contributed by atoms with Gasteiger partial charge in [-0.2, -0.15) is 0 Å². The van der Waals surface area contributed by atoms with E-state index in [9.17, 15) is 18.0 Å². The molecule has 2 fully saturated rings. The molecule has 2 aliphatic rings. The molecule has 5 nitrogen and oxygen atoms in total. The molecule has 0 unspecified atom stereocenters. The van der Waals surface area contributed by atoms with Gasteiger partial charge in [-0.1, -0.05) is 0 Å². The summed E-state index contributed by atoms with van der Waals surface area (Å²) in [5.41, 5.74) is 0.843. The number of carbonyl (C=O) groups is 1. The average molecular weight is 330 g/mol. The molecule has 1 aromatic carbocycles. The first-order valence-corrected chi connectivity index (χ1v) is 7.44. The summed E-state index contributed by atoms with van der Waals surface area (Å²) < 4.78 is 40.4. The number of anilines is 1. The molecule has 8 heteroatoms. The fraction of sp³-hybridized carbons (Fsp3) is 0.533. The lowest BCUT2D eigenvalue weighted by atomic mass is 9.93. The summed E-state index contributed by atoms with van der Waals surface area (Å²) in [6.07, 6.45) is -3.97. The number of ether oxygens (including phenoxy) is 1. The summed E-state index contributed by atoms with van der Waals surface area (Å²) in [5.74, 6) is 0.0312. The lowest BCUT2D eigenvalue weighted by Gasteiger charge is -2.37. The molecule has 126 valence electrons. The van der Waals surface area contributed by atoms with Gasteiger partial charge in [-0.3, -0.25) is 0 Å². The summed E-state index contributed by atoms with van der Waals surface area (Å²) in [6, 6.07) is 6.09. The van der Waals surface area contributed by atoms with Gasteiger partial charge in [0.15, 0.2) is 0 Å². The van der Waals surface area contributed by atoms with Crippen LogP contribution in [0, 0.1) is 5.92 Å². The molecule has 1 amide bonds. The van der Waals surface area contributed by atoms with Crippen molar-refractivity contribution in [2.75, 3.05) is 24.5 Å². The van der Waals surface area contributed by atoms with Crippen LogP contribution in [-0.4, -0.2) is 48.1 Å². The lowest BCUT2D eigenvalue weighted by Crippen LogP contribution is -2.47. The van der Waals surface area contributed by atoms with Crippen LogP contribution >= 0.6 is 0 Å². The van der Waals surface area contributed by atoms with Crippen molar-refractivity contribution in [2.45, 2.75) is 25.2 Å². The summed E-state index contributed by atoms with van der Waals surface area (Å²) in [7, 11) is 0. The van der Waals surface area contributed by atoms with Crippen LogP contribution in [0.15, 0.2) is 24.3 Å². The number of amides is 1. The fourth-order valence-corrected chi connectivity index (χ4v) is 3.52. The van der Waals surface area contributed by atoms with Gasteiger partial charge in [0, 0.05) is 31.4 Å². The zero-order valence-corrected chi connectivity index (χ0v) is 12.3. The Morgan fingerprint density at radius 3 is 2.48 bits per heavy atom. The van der Waals surface area contributed by atoms with E-state index >= 15 is 0 Å². The quantitative estimate of drug-likeness (QED) is 0.905. The molecular weight excluding hydrogens is 313 g/mol. The van der Waals surface area contributed by atoms with Crippen molar-refractivity contribution in [3.63, 3.8) is 0 Å². The Labute approximate surface area is 131 Å². The highest BCUT2D eigenvalue weighted by Gasteiger charge is 2.39. The third kappa shape index (κ3) is 3.46. The Balaban J connectivity index is 1.68. The van der Waals surface area contributed by atoms with E-state index in [2.05, 4.69) is 9.64 Å². The molecule has 0 saturated carbocycles. The van der Waals surface area contributed by atoms with Gasteiger partial charge < -0.3 is 19.6 Å². The molecule has 0 aromatic heterocycles. The Morgan fingerprint density at radius 2 is 1.87 bits per heavy atom. The molecule has 2 heterocycles. The summed E-state index contributed by atoms with van der Waals surface area (Å²) in [4.78, 5) is 14.6. The number of nitrogens with zero attached hydrogens (tertiary/aromatic N) is 2. The van der Waals surface area contributed by atoms with Gasteiger partial charge in [0.2, 0.25) is 0 Å². The van der Waals surface area contributed by atoms with E-state index in [1.807, 2.05) is 0 Å². The first-order chi connectivity index (χ1) is 10.8. The van der Waals surface area contributed by atoms with Crippen molar-refractivity contribution in [2.24, 2.45) is 5.92 Å². The standard InChI is InChI=1S/C15H17F3N2O3/c16-15(17,18)23-12-3-1-11(2-4-12)20-8-5-10-9-19(14(21)22)7-6-13(10)20/h1-4,10,13H,5-9H2,(H,21,22)/t10-,13+/m1/s1. The van der Waals surface area contributed by atoms with Crippen LogP contribution < -0.4 is 9.64 Å². The second kappa shape index (κ2) is 5.82. The highest BCUT2D eigenvalue weighted by Crippen LogP contribution is 2.36. The minimum absolute atomic E-state index is 0.236. The normalized spacial score (nSPS) is 24.5. The van der Waals surface area contributed by atoms with Gasteiger partial charge in [-0.25, -0.2) is 4.79 Å². The Morgan fingerprint density at radius 1 is 1.17 bits per heavy atom. The van der Waals surface area contributed by atoms with Crippen LogP contribution in [0.2, 0.25) is 0 Å². The summed E-state index contributed by atoms with van der Waals surface area (Å²) >= 11 is 0. The smallest absolute Gasteiger partial charge is 0.465 e. The van der Waals surface area contributed by atoms with E-state index in [-0.39, 0.29) is 17.7 Å². The Kier molecular flexibility index (Phi) is 3.99. The van der Waals surface area contributed by atoms with Crippen LogP contribution in [0.1, 0.15) is 12.8 Å². The summed E-state index contributed by atoms with van der Waals surface area (Å²) in [6.45, 7) is 1.79. The van der Waals surface area contributed by atoms with Gasteiger partial charge >= 0.3 is 12.5 Å². The van der Waals surface area contributed by atoms with E-state index in [1.54, 1.807) is 12.1 Å². The molecule has 2 aliphatic heterocycles. The van der Waals surface area contributed by atoms with E-state index in [4.69, 9.17) is 5.11 Å². The first kappa shape index (κ1) is 15.8. The van der Waals surface area contributed by atoms with Gasteiger partial charge in [0.25, 0.3) is 0 Å².